The van der Waals surface area contributed by atoms with Crippen LogP contribution in [0.3, 0.4) is 0 Å². The van der Waals surface area contributed by atoms with Gasteiger partial charge in [-0.1, -0.05) is 36.7 Å². The van der Waals surface area contributed by atoms with Crippen molar-refractivity contribution in [1.29, 1.82) is 0 Å². The molecule has 0 aromatic heterocycles. The summed E-state index contributed by atoms with van der Waals surface area (Å²) in [6.45, 7) is 7.24. The molecule has 1 aliphatic rings. The van der Waals surface area contributed by atoms with Crippen molar-refractivity contribution < 1.29 is 0 Å². The average molecular weight is 250 g/mol. The van der Waals surface area contributed by atoms with Crippen molar-refractivity contribution in [2.45, 2.75) is 32.2 Å². The van der Waals surface area contributed by atoms with Crippen molar-refractivity contribution in [3.05, 3.63) is 47.5 Å². The zero-order valence-corrected chi connectivity index (χ0v) is 11.1. The highest BCUT2D eigenvalue weighted by molar-refractivity contribution is 6.30. The van der Waals surface area contributed by atoms with Gasteiger partial charge in [-0.3, -0.25) is 0 Å². The maximum Gasteiger partial charge on any atom is 0.0406 e. The van der Waals surface area contributed by atoms with Gasteiger partial charge in [0.15, 0.2) is 0 Å². The second-order valence-electron chi connectivity index (χ2n) is 5.32. The van der Waals surface area contributed by atoms with Crippen LogP contribution in [0, 0.1) is 5.41 Å². The minimum Gasteiger partial charge on any atom is -0.313 e. The molecule has 1 atom stereocenters. The number of benzene rings is 1. The first-order valence-corrected chi connectivity index (χ1v) is 6.60. The number of halogens is 1. The van der Waals surface area contributed by atoms with E-state index in [-0.39, 0.29) is 5.41 Å². The van der Waals surface area contributed by atoms with Gasteiger partial charge in [0, 0.05) is 23.0 Å². The summed E-state index contributed by atoms with van der Waals surface area (Å²) in [5, 5.41) is 4.38. The number of rotatable bonds is 6. The highest BCUT2D eigenvalue weighted by Gasteiger charge is 2.26. The van der Waals surface area contributed by atoms with Crippen LogP contribution in [0.5, 0.6) is 0 Å². The molecular weight excluding hydrogens is 230 g/mol. The van der Waals surface area contributed by atoms with E-state index in [1.54, 1.807) is 0 Å². The molecule has 2 heteroatoms. The lowest BCUT2D eigenvalue weighted by Gasteiger charge is -2.26. The molecule has 0 saturated heterocycles. The highest BCUT2D eigenvalue weighted by Crippen LogP contribution is 2.26. The Morgan fingerprint density at radius 1 is 1.41 bits per heavy atom. The lowest BCUT2D eigenvalue weighted by Crippen LogP contribution is -2.33. The summed E-state index contributed by atoms with van der Waals surface area (Å²) in [6.07, 6.45) is 5.73. The molecule has 1 aliphatic carbocycles. The summed E-state index contributed by atoms with van der Waals surface area (Å²) in [6, 6.07) is 8.85. The second-order valence-corrected chi connectivity index (χ2v) is 5.75. The SMILES string of the molecule is C=CC(C)(CNC1CC1)Cc1ccc(Cl)cc1. The highest BCUT2D eigenvalue weighted by atomic mass is 35.5. The maximum atomic E-state index is 5.90. The van der Waals surface area contributed by atoms with Crippen molar-refractivity contribution in [3.63, 3.8) is 0 Å². The van der Waals surface area contributed by atoms with E-state index in [0.29, 0.717) is 0 Å². The van der Waals surface area contributed by atoms with Gasteiger partial charge in [0.2, 0.25) is 0 Å². The van der Waals surface area contributed by atoms with E-state index in [1.165, 1.54) is 18.4 Å². The Morgan fingerprint density at radius 2 is 2.06 bits per heavy atom. The van der Waals surface area contributed by atoms with Crippen LogP contribution in [0.4, 0.5) is 0 Å². The summed E-state index contributed by atoms with van der Waals surface area (Å²) < 4.78 is 0. The predicted molar refractivity (Wildman–Crippen MR) is 74.5 cm³/mol. The fraction of sp³-hybridized carbons (Fsp3) is 0.467. The fourth-order valence-electron chi connectivity index (χ4n) is 1.94. The molecule has 92 valence electrons. The summed E-state index contributed by atoms with van der Waals surface area (Å²) >= 11 is 5.90. The van der Waals surface area contributed by atoms with Gasteiger partial charge in [-0.25, -0.2) is 0 Å². The molecule has 0 bridgehead atoms. The van der Waals surface area contributed by atoms with E-state index in [0.717, 1.165) is 24.0 Å². The number of hydrogen-bond donors (Lipinski definition) is 1. The molecule has 1 nitrogen and oxygen atoms in total. The minimum atomic E-state index is 0.121. The zero-order chi connectivity index (χ0) is 12.3. The van der Waals surface area contributed by atoms with E-state index in [2.05, 4.69) is 37.0 Å². The minimum absolute atomic E-state index is 0.121. The third-order valence-electron chi connectivity index (χ3n) is 3.39. The molecule has 1 fully saturated rings. The van der Waals surface area contributed by atoms with Gasteiger partial charge in [0.25, 0.3) is 0 Å². The molecule has 1 unspecified atom stereocenters. The van der Waals surface area contributed by atoms with Crippen LogP contribution >= 0.6 is 11.6 Å². The second kappa shape index (κ2) is 5.24. The molecule has 1 N–H and O–H groups in total. The maximum absolute atomic E-state index is 5.90. The smallest absolute Gasteiger partial charge is 0.0406 e. The Labute approximate surface area is 109 Å². The molecule has 0 radical (unpaired) electrons. The molecule has 1 saturated carbocycles. The molecule has 1 aromatic rings. The molecule has 0 spiro atoms. The molecule has 0 amide bonds. The fourth-order valence-corrected chi connectivity index (χ4v) is 2.07. The van der Waals surface area contributed by atoms with Crippen molar-refractivity contribution in [3.8, 4) is 0 Å². The molecule has 0 aliphatic heterocycles. The largest absolute Gasteiger partial charge is 0.313 e. The summed E-state index contributed by atoms with van der Waals surface area (Å²) in [7, 11) is 0. The van der Waals surface area contributed by atoms with Gasteiger partial charge in [0.05, 0.1) is 0 Å². The third-order valence-corrected chi connectivity index (χ3v) is 3.64. The van der Waals surface area contributed by atoms with Crippen LogP contribution in [-0.4, -0.2) is 12.6 Å². The first kappa shape index (κ1) is 12.7. The van der Waals surface area contributed by atoms with Gasteiger partial charge in [-0.2, -0.15) is 0 Å². The Hall–Kier alpha value is -0.790. The Balaban J connectivity index is 1.96. The van der Waals surface area contributed by atoms with Crippen LogP contribution in [0.2, 0.25) is 5.02 Å². The van der Waals surface area contributed by atoms with Gasteiger partial charge < -0.3 is 5.32 Å². The van der Waals surface area contributed by atoms with Crippen LogP contribution in [0.1, 0.15) is 25.3 Å². The lowest BCUT2D eigenvalue weighted by atomic mass is 9.83. The topological polar surface area (TPSA) is 12.0 Å². The van der Waals surface area contributed by atoms with E-state index in [9.17, 15) is 0 Å². The summed E-state index contributed by atoms with van der Waals surface area (Å²) in [4.78, 5) is 0. The van der Waals surface area contributed by atoms with Crippen molar-refractivity contribution in [2.75, 3.05) is 6.54 Å². The third kappa shape index (κ3) is 3.86. The average Bonchev–Trinajstić information content (AvgIpc) is 3.14. The first-order chi connectivity index (χ1) is 8.11. The molecule has 1 aromatic carbocycles. The van der Waals surface area contributed by atoms with Crippen molar-refractivity contribution in [1.82, 2.24) is 5.32 Å². The lowest BCUT2D eigenvalue weighted by molar-refractivity contribution is 0.389. The summed E-state index contributed by atoms with van der Waals surface area (Å²) in [5.41, 5.74) is 1.44. The Bertz CT molecular complexity index is 380. The zero-order valence-electron chi connectivity index (χ0n) is 10.4. The van der Waals surface area contributed by atoms with E-state index in [4.69, 9.17) is 11.6 Å². The monoisotopic (exact) mass is 249 g/mol. The Kier molecular flexibility index (Phi) is 3.90. The predicted octanol–water partition coefficient (Wildman–Crippen LogP) is 3.83. The van der Waals surface area contributed by atoms with E-state index < -0.39 is 0 Å². The van der Waals surface area contributed by atoms with Gasteiger partial charge in [-0.05, 0) is 37.0 Å². The number of hydrogen-bond acceptors (Lipinski definition) is 1. The molecule has 2 rings (SSSR count). The first-order valence-electron chi connectivity index (χ1n) is 6.23. The van der Waals surface area contributed by atoms with Crippen LogP contribution in [0.25, 0.3) is 0 Å². The van der Waals surface area contributed by atoms with Gasteiger partial charge in [-0.15, -0.1) is 6.58 Å². The Morgan fingerprint density at radius 3 is 2.59 bits per heavy atom. The van der Waals surface area contributed by atoms with Crippen molar-refractivity contribution >= 4 is 11.6 Å². The van der Waals surface area contributed by atoms with Crippen LogP contribution in [-0.2, 0) is 6.42 Å². The molecule has 17 heavy (non-hydrogen) atoms. The van der Waals surface area contributed by atoms with Crippen LogP contribution in [0.15, 0.2) is 36.9 Å². The van der Waals surface area contributed by atoms with E-state index in [1.807, 2.05) is 12.1 Å². The molecular formula is C15H20ClN. The van der Waals surface area contributed by atoms with Crippen LogP contribution < -0.4 is 5.32 Å². The van der Waals surface area contributed by atoms with Crippen molar-refractivity contribution in [2.24, 2.45) is 5.41 Å². The van der Waals surface area contributed by atoms with Gasteiger partial charge in [0.1, 0.15) is 0 Å². The van der Waals surface area contributed by atoms with E-state index >= 15 is 0 Å². The quantitative estimate of drug-likeness (QED) is 0.756. The van der Waals surface area contributed by atoms with Gasteiger partial charge >= 0.3 is 0 Å². The standard InChI is InChI=1S/C15H20ClN/c1-3-15(2,11-17-14-8-9-14)10-12-4-6-13(16)7-5-12/h3-7,14,17H,1,8-11H2,2H3. The molecule has 0 heterocycles. The summed E-state index contributed by atoms with van der Waals surface area (Å²) in [5.74, 6) is 0. The normalized spacial score (nSPS) is 18.7. The number of nitrogens with one attached hydrogen (secondary N) is 1.